The summed E-state index contributed by atoms with van der Waals surface area (Å²) in [6.45, 7) is 0. The molecule has 7 nitrogen and oxygen atoms in total. The normalized spacial score (nSPS) is 15.3. The van der Waals surface area contributed by atoms with Crippen molar-refractivity contribution in [2.75, 3.05) is 0 Å². The lowest BCUT2D eigenvalue weighted by Gasteiger charge is -2.14. The Labute approximate surface area is 127 Å². The molecule has 0 bridgehead atoms. The van der Waals surface area contributed by atoms with Crippen LogP contribution in [0.1, 0.15) is 29.8 Å². The number of carbonyl (C=O) groups excluding carboxylic acids is 1. The molecular weight excluding hydrogens is 284 g/mol. The molecule has 1 atom stereocenters. The molecule has 3 rings (SSSR count). The second-order valence-electron chi connectivity index (χ2n) is 5.38. The highest BCUT2D eigenvalue weighted by atomic mass is 16.4. The van der Waals surface area contributed by atoms with E-state index in [1.54, 1.807) is 36.7 Å². The van der Waals surface area contributed by atoms with Crippen LogP contribution in [0.2, 0.25) is 0 Å². The maximum absolute atomic E-state index is 12.2. The average Bonchev–Trinajstić information content (AvgIpc) is 3.16. The molecule has 0 spiro atoms. The first kappa shape index (κ1) is 14.2. The molecule has 2 aromatic heterocycles. The summed E-state index contributed by atoms with van der Waals surface area (Å²) in [5.74, 6) is -0.581. The van der Waals surface area contributed by atoms with Crippen LogP contribution < -0.4 is 5.32 Å². The van der Waals surface area contributed by atoms with Crippen LogP contribution in [0.5, 0.6) is 0 Å². The minimum absolute atomic E-state index is 0.176. The largest absolute Gasteiger partial charge is 0.480 e. The fourth-order valence-electron chi connectivity index (χ4n) is 2.22. The van der Waals surface area contributed by atoms with Crippen LogP contribution in [0, 0.1) is 5.92 Å². The number of nitrogens with one attached hydrogen (secondary N) is 1. The third kappa shape index (κ3) is 3.30. The lowest BCUT2D eigenvalue weighted by atomic mass is 10.1. The molecule has 1 saturated carbocycles. The maximum Gasteiger partial charge on any atom is 0.326 e. The molecule has 1 amide bonds. The summed E-state index contributed by atoms with van der Waals surface area (Å²) in [5.41, 5.74) is 0.176. The number of amides is 1. The molecule has 114 valence electrons. The number of carboxylic acids is 1. The second-order valence-corrected chi connectivity index (χ2v) is 5.38. The summed E-state index contributed by atoms with van der Waals surface area (Å²) in [4.78, 5) is 27.7. The van der Waals surface area contributed by atoms with Gasteiger partial charge in [-0.05, 0) is 30.5 Å². The molecule has 2 aromatic rings. The molecule has 1 unspecified atom stereocenters. The molecule has 0 aromatic carbocycles. The maximum atomic E-state index is 12.2. The van der Waals surface area contributed by atoms with E-state index in [9.17, 15) is 14.7 Å². The van der Waals surface area contributed by atoms with Gasteiger partial charge in [0.1, 0.15) is 11.7 Å². The fraction of sp³-hybridized carbons (Fsp3) is 0.333. The first-order valence-electron chi connectivity index (χ1n) is 7.14. The summed E-state index contributed by atoms with van der Waals surface area (Å²) in [7, 11) is 0. The highest BCUT2D eigenvalue weighted by Gasteiger charge is 2.30. The van der Waals surface area contributed by atoms with Gasteiger partial charge in [0.05, 0.1) is 0 Å². The van der Waals surface area contributed by atoms with E-state index in [0.29, 0.717) is 18.2 Å². The fourth-order valence-corrected chi connectivity index (χ4v) is 2.22. The number of carboxylic acid groups (broad SMARTS) is 1. The summed E-state index contributed by atoms with van der Waals surface area (Å²) < 4.78 is 1.54. The molecule has 2 heterocycles. The minimum atomic E-state index is -1.01. The van der Waals surface area contributed by atoms with Crippen molar-refractivity contribution >= 4 is 11.9 Å². The molecule has 0 aliphatic heterocycles. The van der Waals surface area contributed by atoms with Crippen molar-refractivity contribution in [1.29, 1.82) is 0 Å². The van der Waals surface area contributed by atoms with Gasteiger partial charge < -0.3 is 10.4 Å². The van der Waals surface area contributed by atoms with E-state index in [0.717, 1.165) is 12.8 Å². The Kier molecular flexibility index (Phi) is 3.86. The number of hydrogen-bond donors (Lipinski definition) is 2. The lowest BCUT2D eigenvalue weighted by Crippen LogP contribution is -2.41. The minimum Gasteiger partial charge on any atom is -0.480 e. The van der Waals surface area contributed by atoms with Gasteiger partial charge in [-0.25, -0.2) is 14.5 Å². The predicted octanol–water partition coefficient (Wildman–Crippen LogP) is 1.25. The molecule has 0 radical (unpaired) electrons. The van der Waals surface area contributed by atoms with Gasteiger partial charge in [-0.2, -0.15) is 5.10 Å². The van der Waals surface area contributed by atoms with Gasteiger partial charge in [0.25, 0.3) is 5.91 Å². The number of carbonyl (C=O) groups is 2. The van der Waals surface area contributed by atoms with Crippen LogP contribution >= 0.6 is 0 Å². The average molecular weight is 300 g/mol. The van der Waals surface area contributed by atoms with Crippen LogP contribution in [0.25, 0.3) is 5.82 Å². The molecule has 0 saturated heterocycles. The van der Waals surface area contributed by atoms with Gasteiger partial charge in [-0.1, -0.05) is 18.9 Å². The Morgan fingerprint density at radius 1 is 1.36 bits per heavy atom. The Balaban J connectivity index is 1.73. The number of aromatic nitrogens is 3. The Hall–Kier alpha value is -2.70. The van der Waals surface area contributed by atoms with Gasteiger partial charge in [0.15, 0.2) is 5.82 Å². The zero-order valence-electron chi connectivity index (χ0n) is 11.8. The number of hydrogen-bond acceptors (Lipinski definition) is 4. The van der Waals surface area contributed by atoms with Gasteiger partial charge >= 0.3 is 5.97 Å². The van der Waals surface area contributed by atoms with Gasteiger partial charge in [-0.15, -0.1) is 0 Å². The Morgan fingerprint density at radius 2 is 2.18 bits per heavy atom. The third-order valence-electron chi connectivity index (χ3n) is 3.58. The quantitative estimate of drug-likeness (QED) is 0.837. The zero-order valence-corrected chi connectivity index (χ0v) is 11.8. The SMILES string of the molecule is O=C(NC(CC1CC1)C(=O)O)c1cccc(-n2cccn2)n1. The van der Waals surface area contributed by atoms with E-state index in [2.05, 4.69) is 15.4 Å². The molecule has 1 fully saturated rings. The van der Waals surface area contributed by atoms with E-state index >= 15 is 0 Å². The smallest absolute Gasteiger partial charge is 0.326 e. The summed E-state index contributed by atoms with van der Waals surface area (Å²) >= 11 is 0. The van der Waals surface area contributed by atoms with Crippen molar-refractivity contribution in [2.24, 2.45) is 5.92 Å². The van der Waals surface area contributed by atoms with E-state index in [-0.39, 0.29) is 5.69 Å². The molecule has 22 heavy (non-hydrogen) atoms. The van der Waals surface area contributed by atoms with E-state index in [1.807, 2.05) is 0 Å². The predicted molar refractivity (Wildman–Crippen MR) is 77.6 cm³/mol. The van der Waals surface area contributed by atoms with Crippen LogP contribution in [-0.4, -0.2) is 37.8 Å². The molecule has 7 heteroatoms. The van der Waals surface area contributed by atoms with Gasteiger partial charge in [0, 0.05) is 12.4 Å². The highest BCUT2D eigenvalue weighted by Crippen LogP contribution is 2.33. The summed E-state index contributed by atoms with van der Waals surface area (Å²) in [6.07, 6.45) is 5.88. The second kappa shape index (κ2) is 5.97. The highest BCUT2D eigenvalue weighted by molar-refractivity contribution is 5.95. The van der Waals surface area contributed by atoms with Crippen LogP contribution in [0.4, 0.5) is 0 Å². The van der Waals surface area contributed by atoms with E-state index in [1.165, 1.54) is 4.68 Å². The number of aliphatic carboxylic acids is 1. The molecule has 2 N–H and O–H groups in total. The standard InChI is InChI=1S/C15H16N4O3/c20-14(18-12(15(21)22)9-10-5-6-10)11-3-1-4-13(17-11)19-8-2-7-16-19/h1-4,7-8,10,12H,5-6,9H2,(H,18,20)(H,21,22). The van der Waals surface area contributed by atoms with Crippen LogP contribution in [0.3, 0.4) is 0 Å². The molecular formula is C15H16N4O3. The number of pyridine rings is 1. The Morgan fingerprint density at radius 3 is 2.82 bits per heavy atom. The van der Waals surface area contributed by atoms with Crippen molar-refractivity contribution in [3.05, 3.63) is 42.4 Å². The molecule has 1 aliphatic rings. The Bertz CT molecular complexity index is 680. The molecule has 1 aliphatic carbocycles. The van der Waals surface area contributed by atoms with Gasteiger partial charge in [0.2, 0.25) is 0 Å². The van der Waals surface area contributed by atoms with Crippen LogP contribution in [-0.2, 0) is 4.79 Å². The summed E-state index contributed by atoms with van der Waals surface area (Å²) in [6, 6.07) is 5.86. The van der Waals surface area contributed by atoms with Crippen molar-refractivity contribution in [2.45, 2.75) is 25.3 Å². The van der Waals surface area contributed by atoms with Crippen molar-refractivity contribution in [1.82, 2.24) is 20.1 Å². The lowest BCUT2D eigenvalue weighted by molar-refractivity contribution is -0.139. The monoisotopic (exact) mass is 300 g/mol. The topological polar surface area (TPSA) is 97.1 Å². The van der Waals surface area contributed by atoms with E-state index < -0.39 is 17.9 Å². The van der Waals surface area contributed by atoms with Crippen molar-refractivity contribution < 1.29 is 14.7 Å². The van der Waals surface area contributed by atoms with E-state index in [4.69, 9.17) is 0 Å². The van der Waals surface area contributed by atoms with Crippen LogP contribution in [0.15, 0.2) is 36.7 Å². The zero-order chi connectivity index (χ0) is 15.5. The first-order chi connectivity index (χ1) is 10.6. The van der Waals surface area contributed by atoms with Gasteiger partial charge in [-0.3, -0.25) is 4.79 Å². The van der Waals surface area contributed by atoms with Crippen molar-refractivity contribution in [3.63, 3.8) is 0 Å². The first-order valence-corrected chi connectivity index (χ1v) is 7.14. The summed E-state index contributed by atoms with van der Waals surface area (Å²) in [5, 5.41) is 15.8. The third-order valence-corrected chi connectivity index (χ3v) is 3.58. The number of nitrogens with zero attached hydrogens (tertiary/aromatic N) is 3. The number of rotatable bonds is 6. The van der Waals surface area contributed by atoms with Crippen molar-refractivity contribution in [3.8, 4) is 5.82 Å².